The molecule has 3 aromatic rings. The van der Waals surface area contributed by atoms with E-state index in [9.17, 15) is 0 Å². The zero-order valence-electron chi connectivity index (χ0n) is 13.2. The summed E-state index contributed by atoms with van der Waals surface area (Å²) in [6, 6.07) is 10.3. The highest BCUT2D eigenvalue weighted by Crippen LogP contribution is 2.27. The first-order chi connectivity index (χ1) is 10.6. The number of benzene rings is 1. The summed E-state index contributed by atoms with van der Waals surface area (Å²) in [5.41, 5.74) is 2.97. The average molecular weight is 295 g/mol. The summed E-state index contributed by atoms with van der Waals surface area (Å²) in [7, 11) is 6.13. The van der Waals surface area contributed by atoms with Crippen LogP contribution >= 0.6 is 0 Å². The molecule has 22 heavy (non-hydrogen) atoms. The zero-order chi connectivity index (χ0) is 15.5. The number of nitrogens with one attached hydrogen (secondary N) is 1. The molecule has 0 bridgehead atoms. The van der Waals surface area contributed by atoms with E-state index < -0.39 is 0 Å². The van der Waals surface area contributed by atoms with Crippen LogP contribution in [0.5, 0.6) is 0 Å². The van der Waals surface area contributed by atoms with Crippen LogP contribution in [0, 0.1) is 0 Å². The van der Waals surface area contributed by atoms with Crippen LogP contribution < -0.4 is 5.32 Å². The van der Waals surface area contributed by atoms with Gasteiger partial charge in [0.2, 0.25) is 0 Å². The van der Waals surface area contributed by atoms with E-state index in [1.807, 2.05) is 36.0 Å². The first-order valence-electron chi connectivity index (χ1n) is 7.41. The Balaban J connectivity index is 2.03. The van der Waals surface area contributed by atoms with Crippen LogP contribution in [0.3, 0.4) is 0 Å². The van der Waals surface area contributed by atoms with Crippen molar-refractivity contribution in [2.24, 2.45) is 7.05 Å². The Hall–Kier alpha value is -2.40. The fourth-order valence-corrected chi connectivity index (χ4v) is 2.46. The SMILES string of the molecule is CN(C)CCNc1cc(-c2nccn2C)nc2ccccc12. The lowest BCUT2D eigenvalue weighted by Gasteiger charge is -2.14. The van der Waals surface area contributed by atoms with Crippen molar-refractivity contribution in [3.8, 4) is 11.5 Å². The van der Waals surface area contributed by atoms with Gasteiger partial charge in [-0.15, -0.1) is 0 Å². The molecule has 0 saturated heterocycles. The van der Waals surface area contributed by atoms with Crippen LogP contribution in [-0.2, 0) is 7.05 Å². The zero-order valence-corrected chi connectivity index (χ0v) is 13.2. The van der Waals surface area contributed by atoms with Crippen molar-refractivity contribution in [1.29, 1.82) is 0 Å². The van der Waals surface area contributed by atoms with Gasteiger partial charge in [0, 0.05) is 43.6 Å². The number of anilines is 1. The summed E-state index contributed by atoms with van der Waals surface area (Å²) >= 11 is 0. The standard InChI is InChI=1S/C17H21N5/c1-21(2)10-8-18-15-12-16(17-19-9-11-22(17)3)20-14-7-5-4-6-13(14)15/h4-7,9,11-12H,8,10H2,1-3H3,(H,18,20). The van der Waals surface area contributed by atoms with Crippen molar-refractivity contribution in [3.63, 3.8) is 0 Å². The lowest BCUT2D eigenvalue weighted by atomic mass is 10.1. The Kier molecular flexibility index (Phi) is 4.06. The Morgan fingerprint density at radius 2 is 2.05 bits per heavy atom. The number of para-hydroxylation sites is 1. The quantitative estimate of drug-likeness (QED) is 0.786. The van der Waals surface area contributed by atoms with Crippen molar-refractivity contribution in [1.82, 2.24) is 19.4 Å². The average Bonchev–Trinajstić information content (AvgIpc) is 2.93. The van der Waals surface area contributed by atoms with E-state index in [4.69, 9.17) is 4.98 Å². The number of imidazole rings is 1. The molecule has 0 aliphatic carbocycles. The van der Waals surface area contributed by atoms with Gasteiger partial charge in [-0.1, -0.05) is 18.2 Å². The minimum atomic E-state index is 0.876. The van der Waals surface area contributed by atoms with E-state index in [1.54, 1.807) is 6.20 Å². The summed E-state index contributed by atoms with van der Waals surface area (Å²) in [5.74, 6) is 0.876. The molecule has 0 fully saturated rings. The summed E-state index contributed by atoms with van der Waals surface area (Å²) < 4.78 is 1.99. The molecular weight excluding hydrogens is 274 g/mol. The molecule has 2 heterocycles. The first-order valence-corrected chi connectivity index (χ1v) is 7.41. The fourth-order valence-electron chi connectivity index (χ4n) is 2.46. The second kappa shape index (κ2) is 6.15. The summed E-state index contributed by atoms with van der Waals surface area (Å²) in [6.45, 7) is 1.87. The Bertz CT molecular complexity index is 776. The van der Waals surface area contributed by atoms with E-state index >= 15 is 0 Å². The largest absolute Gasteiger partial charge is 0.383 e. The molecule has 0 amide bonds. The molecule has 5 heteroatoms. The van der Waals surface area contributed by atoms with Gasteiger partial charge in [-0.2, -0.15) is 0 Å². The van der Waals surface area contributed by atoms with Crippen LogP contribution in [0.4, 0.5) is 5.69 Å². The number of fused-ring (bicyclic) bond motifs is 1. The number of nitrogens with zero attached hydrogens (tertiary/aromatic N) is 4. The highest BCUT2D eigenvalue weighted by atomic mass is 15.1. The molecule has 0 unspecified atom stereocenters. The van der Waals surface area contributed by atoms with E-state index in [0.29, 0.717) is 0 Å². The van der Waals surface area contributed by atoms with E-state index in [0.717, 1.165) is 41.2 Å². The first kappa shape index (κ1) is 14.5. The van der Waals surface area contributed by atoms with Crippen LogP contribution in [0.2, 0.25) is 0 Å². The highest BCUT2D eigenvalue weighted by Gasteiger charge is 2.10. The molecule has 0 saturated carbocycles. The van der Waals surface area contributed by atoms with Crippen molar-refractivity contribution in [3.05, 3.63) is 42.7 Å². The number of hydrogen-bond acceptors (Lipinski definition) is 4. The molecule has 1 aromatic carbocycles. The van der Waals surface area contributed by atoms with Crippen molar-refractivity contribution in [2.75, 3.05) is 32.5 Å². The fraction of sp³-hybridized carbons (Fsp3) is 0.294. The molecule has 0 atom stereocenters. The molecule has 0 radical (unpaired) electrons. The van der Waals surface area contributed by atoms with Gasteiger partial charge in [-0.25, -0.2) is 9.97 Å². The van der Waals surface area contributed by atoms with Gasteiger partial charge in [-0.05, 0) is 26.2 Å². The van der Waals surface area contributed by atoms with Crippen molar-refractivity contribution < 1.29 is 0 Å². The van der Waals surface area contributed by atoms with Gasteiger partial charge in [-0.3, -0.25) is 0 Å². The molecule has 114 valence electrons. The summed E-state index contributed by atoms with van der Waals surface area (Å²) in [5, 5.41) is 4.66. The van der Waals surface area contributed by atoms with Crippen molar-refractivity contribution in [2.45, 2.75) is 0 Å². The van der Waals surface area contributed by atoms with Gasteiger partial charge in [0.25, 0.3) is 0 Å². The summed E-state index contributed by atoms with van der Waals surface area (Å²) in [4.78, 5) is 11.3. The second-order valence-electron chi connectivity index (χ2n) is 5.66. The second-order valence-corrected chi connectivity index (χ2v) is 5.66. The third-order valence-corrected chi connectivity index (χ3v) is 3.64. The molecule has 5 nitrogen and oxygen atoms in total. The lowest BCUT2D eigenvalue weighted by molar-refractivity contribution is 0.425. The van der Waals surface area contributed by atoms with Gasteiger partial charge < -0.3 is 14.8 Å². The normalized spacial score (nSPS) is 11.3. The number of aromatic nitrogens is 3. The third-order valence-electron chi connectivity index (χ3n) is 3.64. The maximum atomic E-state index is 4.75. The number of likely N-dealkylation sites (N-methyl/N-ethyl adjacent to an activating group) is 1. The molecule has 0 spiro atoms. The van der Waals surface area contributed by atoms with E-state index in [1.165, 1.54) is 0 Å². The number of pyridine rings is 1. The highest BCUT2D eigenvalue weighted by molar-refractivity contribution is 5.93. The Labute approximate surface area is 130 Å². The number of rotatable bonds is 5. The maximum absolute atomic E-state index is 4.75. The molecule has 1 N–H and O–H groups in total. The number of aryl methyl sites for hydroxylation is 1. The van der Waals surface area contributed by atoms with Gasteiger partial charge in [0.15, 0.2) is 5.82 Å². The van der Waals surface area contributed by atoms with Crippen LogP contribution in [0.15, 0.2) is 42.7 Å². The van der Waals surface area contributed by atoms with Gasteiger partial charge in [0.1, 0.15) is 5.69 Å². The predicted octanol–water partition coefficient (Wildman–Crippen LogP) is 2.61. The molecule has 2 aromatic heterocycles. The molecule has 3 rings (SSSR count). The molecular formula is C17H21N5. The maximum Gasteiger partial charge on any atom is 0.158 e. The minimum Gasteiger partial charge on any atom is -0.383 e. The van der Waals surface area contributed by atoms with E-state index in [-0.39, 0.29) is 0 Å². The molecule has 0 aliphatic heterocycles. The summed E-state index contributed by atoms with van der Waals surface area (Å²) in [6.07, 6.45) is 3.73. The van der Waals surface area contributed by atoms with Crippen LogP contribution in [-0.4, -0.2) is 46.6 Å². The van der Waals surface area contributed by atoms with Gasteiger partial charge in [0.05, 0.1) is 5.52 Å². The Morgan fingerprint density at radius 3 is 2.77 bits per heavy atom. The molecule has 0 aliphatic rings. The van der Waals surface area contributed by atoms with E-state index in [2.05, 4.69) is 41.4 Å². The topological polar surface area (TPSA) is 46.0 Å². The van der Waals surface area contributed by atoms with Crippen LogP contribution in [0.25, 0.3) is 22.4 Å². The predicted molar refractivity (Wildman–Crippen MR) is 91.0 cm³/mol. The Morgan fingerprint density at radius 1 is 1.23 bits per heavy atom. The van der Waals surface area contributed by atoms with Crippen molar-refractivity contribution >= 4 is 16.6 Å². The monoisotopic (exact) mass is 295 g/mol. The third kappa shape index (κ3) is 2.94. The lowest BCUT2D eigenvalue weighted by Crippen LogP contribution is -2.20. The smallest absolute Gasteiger partial charge is 0.158 e. The van der Waals surface area contributed by atoms with Gasteiger partial charge >= 0.3 is 0 Å². The van der Waals surface area contributed by atoms with Crippen LogP contribution in [0.1, 0.15) is 0 Å². The minimum absolute atomic E-state index is 0.876. The number of hydrogen-bond donors (Lipinski definition) is 1.